The van der Waals surface area contributed by atoms with Gasteiger partial charge in [0.15, 0.2) is 23.2 Å². The van der Waals surface area contributed by atoms with Gasteiger partial charge < -0.3 is 30.1 Å². The Kier molecular flexibility index (Phi) is 6.58. The highest BCUT2D eigenvalue weighted by molar-refractivity contribution is 8.04. The summed E-state index contributed by atoms with van der Waals surface area (Å²) in [7, 11) is -4.16. The van der Waals surface area contributed by atoms with E-state index >= 15 is 0 Å². The van der Waals surface area contributed by atoms with Crippen LogP contribution in [0.4, 0.5) is 5.82 Å². The molecule has 0 spiro atoms. The van der Waals surface area contributed by atoms with Crippen molar-refractivity contribution in [3.63, 3.8) is 0 Å². The molecule has 1 aliphatic heterocycles. The fraction of sp³-hybridized carbons (Fsp3) is 0.389. The van der Waals surface area contributed by atoms with Gasteiger partial charge in [0.05, 0.1) is 17.9 Å². The molecular formula is C18H22N5O6PS. The molecule has 13 heteroatoms. The molecule has 2 aromatic heterocycles. The Labute approximate surface area is 181 Å². The van der Waals surface area contributed by atoms with E-state index in [0.717, 1.165) is 17.3 Å². The molecule has 1 aromatic carbocycles. The molecule has 0 bridgehead atoms. The number of hydrogen-bond acceptors (Lipinski definition) is 9. The summed E-state index contributed by atoms with van der Waals surface area (Å²) in [5, 5.41) is 24.0. The van der Waals surface area contributed by atoms with Gasteiger partial charge in [-0.3, -0.25) is 9.13 Å². The average molecular weight is 467 g/mol. The fourth-order valence-corrected chi connectivity index (χ4v) is 5.21. The molecule has 0 unspecified atom stereocenters. The van der Waals surface area contributed by atoms with Crippen LogP contribution in [-0.2, 0) is 15.8 Å². The average Bonchev–Trinajstić information content (AvgIpc) is 3.29. The van der Waals surface area contributed by atoms with Gasteiger partial charge >= 0.3 is 7.60 Å². The predicted octanol–water partition coefficient (Wildman–Crippen LogP) is 0.926. The smallest absolute Gasteiger partial charge is 0.335 e. The van der Waals surface area contributed by atoms with Gasteiger partial charge in [0.1, 0.15) is 18.5 Å². The van der Waals surface area contributed by atoms with Crippen molar-refractivity contribution >= 4 is 36.3 Å². The second kappa shape index (κ2) is 9.21. The van der Waals surface area contributed by atoms with Crippen LogP contribution in [0.25, 0.3) is 11.2 Å². The van der Waals surface area contributed by atoms with E-state index in [1.54, 1.807) is 0 Å². The Morgan fingerprint density at radius 3 is 2.65 bits per heavy atom. The van der Waals surface area contributed by atoms with Crippen LogP contribution in [0.1, 0.15) is 11.8 Å². The first kappa shape index (κ1) is 22.2. The van der Waals surface area contributed by atoms with E-state index in [2.05, 4.69) is 20.3 Å². The first-order valence-electron chi connectivity index (χ1n) is 9.43. The van der Waals surface area contributed by atoms with Gasteiger partial charge in [0.25, 0.3) is 0 Å². The van der Waals surface area contributed by atoms with Gasteiger partial charge in [0, 0.05) is 12.3 Å². The summed E-state index contributed by atoms with van der Waals surface area (Å²) in [6, 6.07) is 9.80. The lowest BCUT2D eigenvalue weighted by molar-refractivity contribution is -0.0288. The molecular weight excluding hydrogens is 445 g/mol. The fourth-order valence-electron chi connectivity index (χ4n) is 3.33. The third-order valence-corrected chi connectivity index (χ3v) is 7.45. The van der Waals surface area contributed by atoms with Crippen molar-refractivity contribution in [1.82, 2.24) is 19.5 Å². The van der Waals surface area contributed by atoms with Crippen molar-refractivity contribution in [2.24, 2.45) is 0 Å². The number of nitrogens with zero attached hydrogens (tertiary/aromatic N) is 4. The largest absolute Gasteiger partial charge is 0.387 e. The molecule has 4 atom stereocenters. The molecule has 0 amide bonds. The second-order valence-electron chi connectivity index (χ2n) is 7.10. The molecule has 0 aliphatic carbocycles. The first-order valence-corrected chi connectivity index (χ1v) is 12.4. The standard InChI is InChI=1S/C18H22N5O6PS/c24-14-12(7-31-10-30(26,27)28)29-18(15(14)25)23-9-22-13-16(20-8-21-17(13)23)19-6-11-4-2-1-3-5-11/h1-5,8-9,12,14-15,18,24-25H,6-7,10H2,(H,19,20,21)(H2,26,27,28)/t12-,14-,15-,18-/m1/s1. The third kappa shape index (κ3) is 5.07. The quantitative estimate of drug-likeness (QED) is 0.299. The van der Waals surface area contributed by atoms with Gasteiger partial charge in [-0.15, -0.1) is 11.8 Å². The molecule has 1 saturated heterocycles. The maximum absolute atomic E-state index is 11.0. The van der Waals surface area contributed by atoms with Gasteiger partial charge in [-0.05, 0) is 5.56 Å². The Morgan fingerprint density at radius 2 is 1.90 bits per heavy atom. The summed E-state index contributed by atoms with van der Waals surface area (Å²) in [4.78, 5) is 30.8. The lowest BCUT2D eigenvalue weighted by Gasteiger charge is -2.16. The molecule has 3 aromatic rings. The minimum Gasteiger partial charge on any atom is -0.387 e. The van der Waals surface area contributed by atoms with E-state index in [4.69, 9.17) is 14.5 Å². The molecule has 0 saturated carbocycles. The van der Waals surface area contributed by atoms with Gasteiger partial charge in [0.2, 0.25) is 0 Å². The number of imidazole rings is 1. The van der Waals surface area contributed by atoms with Crippen LogP contribution in [0.2, 0.25) is 0 Å². The number of aliphatic hydroxyl groups excluding tert-OH is 2. The van der Waals surface area contributed by atoms with Crippen molar-refractivity contribution in [3.8, 4) is 0 Å². The Morgan fingerprint density at radius 1 is 1.13 bits per heavy atom. The van der Waals surface area contributed by atoms with Crippen molar-refractivity contribution in [2.75, 3.05) is 16.6 Å². The maximum atomic E-state index is 11.0. The number of nitrogens with one attached hydrogen (secondary N) is 1. The second-order valence-corrected chi connectivity index (χ2v) is 10.2. The van der Waals surface area contributed by atoms with Crippen LogP contribution in [-0.4, -0.2) is 69.1 Å². The zero-order valence-electron chi connectivity index (χ0n) is 16.2. The minimum absolute atomic E-state index is 0.116. The van der Waals surface area contributed by atoms with Crippen molar-refractivity contribution in [1.29, 1.82) is 0 Å². The molecule has 1 aliphatic rings. The molecule has 5 N–H and O–H groups in total. The van der Waals surface area contributed by atoms with E-state index in [0.29, 0.717) is 23.5 Å². The Bertz CT molecular complexity index is 1080. The monoisotopic (exact) mass is 467 g/mol. The molecule has 166 valence electrons. The minimum atomic E-state index is -4.16. The number of fused-ring (bicyclic) bond motifs is 1. The SMILES string of the molecule is O=P(O)(O)CSC[C@H]1O[C@@H](n2cnc3c(NCc4ccccc4)ncnc32)[C@H](O)[C@@H]1O. The molecule has 31 heavy (non-hydrogen) atoms. The molecule has 11 nitrogen and oxygen atoms in total. The van der Waals surface area contributed by atoms with Crippen LogP contribution < -0.4 is 5.32 Å². The highest BCUT2D eigenvalue weighted by Crippen LogP contribution is 2.40. The van der Waals surface area contributed by atoms with Crippen molar-refractivity contribution < 1.29 is 29.3 Å². The lowest BCUT2D eigenvalue weighted by Crippen LogP contribution is -2.32. The summed E-state index contributed by atoms with van der Waals surface area (Å²) in [5.41, 5.74) is 1.59. The highest BCUT2D eigenvalue weighted by atomic mass is 32.2. The number of aliphatic hydroxyl groups is 2. The molecule has 0 radical (unpaired) electrons. The zero-order chi connectivity index (χ0) is 22.0. The van der Waals surface area contributed by atoms with Crippen molar-refractivity contribution in [3.05, 3.63) is 48.5 Å². The van der Waals surface area contributed by atoms with E-state index in [1.807, 2.05) is 30.3 Å². The van der Waals surface area contributed by atoms with E-state index in [1.165, 1.54) is 17.2 Å². The summed E-state index contributed by atoms with van der Waals surface area (Å²) >= 11 is 0.953. The lowest BCUT2D eigenvalue weighted by atomic mass is 10.1. The van der Waals surface area contributed by atoms with Crippen LogP contribution in [0, 0.1) is 0 Å². The number of benzene rings is 1. The van der Waals surface area contributed by atoms with E-state index < -0.39 is 37.6 Å². The summed E-state index contributed by atoms with van der Waals surface area (Å²) < 4.78 is 18.3. The molecule has 4 rings (SSSR count). The number of rotatable bonds is 8. The Balaban J connectivity index is 1.50. The summed E-state index contributed by atoms with van der Waals surface area (Å²) in [5.74, 6) is 0.639. The normalized spacial score (nSPS) is 24.0. The summed E-state index contributed by atoms with van der Waals surface area (Å²) in [6.45, 7) is 0.542. The Hall–Kier alpha value is -2.05. The maximum Gasteiger partial charge on any atom is 0.335 e. The first-order chi connectivity index (χ1) is 14.8. The number of thioether (sulfide) groups is 1. The number of hydrogen-bond donors (Lipinski definition) is 5. The number of anilines is 1. The summed E-state index contributed by atoms with van der Waals surface area (Å²) in [6.07, 6.45) is -1.39. The van der Waals surface area contributed by atoms with Crippen LogP contribution in [0.15, 0.2) is 43.0 Å². The van der Waals surface area contributed by atoms with E-state index in [9.17, 15) is 14.8 Å². The van der Waals surface area contributed by atoms with Gasteiger partial charge in [-0.25, -0.2) is 15.0 Å². The third-order valence-electron chi connectivity index (χ3n) is 4.81. The van der Waals surface area contributed by atoms with Crippen LogP contribution in [0.3, 0.4) is 0 Å². The van der Waals surface area contributed by atoms with Gasteiger partial charge in [-0.2, -0.15) is 0 Å². The van der Waals surface area contributed by atoms with Crippen LogP contribution in [0.5, 0.6) is 0 Å². The number of aromatic nitrogens is 4. The molecule has 3 heterocycles. The van der Waals surface area contributed by atoms with E-state index in [-0.39, 0.29) is 5.75 Å². The van der Waals surface area contributed by atoms with Crippen molar-refractivity contribution in [2.45, 2.75) is 31.1 Å². The topological polar surface area (TPSA) is 163 Å². The predicted molar refractivity (Wildman–Crippen MR) is 114 cm³/mol. The molecule has 1 fully saturated rings. The van der Waals surface area contributed by atoms with Crippen LogP contribution >= 0.6 is 19.4 Å². The van der Waals surface area contributed by atoms with Gasteiger partial charge in [-0.1, -0.05) is 30.3 Å². The number of ether oxygens (including phenoxy) is 1. The zero-order valence-corrected chi connectivity index (χ0v) is 17.9. The highest BCUT2D eigenvalue weighted by Gasteiger charge is 2.44.